The minimum atomic E-state index is -0.0811. The fourth-order valence-corrected chi connectivity index (χ4v) is 2.86. The maximum absolute atomic E-state index is 10.1. The van der Waals surface area contributed by atoms with E-state index in [-0.39, 0.29) is 5.41 Å². The van der Waals surface area contributed by atoms with E-state index in [2.05, 4.69) is 71.9 Å². The summed E-state index contributed by atoms with van der Waals surface area (Å²) < 4.78 is 0. The van der Waals surface area contributed by atoms with Crippen molar-refractivity contribution in [1.29, 1.82) is 0 Å². The molecule has 118 valence electrons. The molecule has 2 aromatic carbocycles. The van der Waals surface area contributed by atoms with E-state index in [4.69, 9.17) is 0 Å². The lowest BCUT2D eigenvalue weighted by molar-refractivity contribution is 0.463. The molecule has 0 amide bonds. The van der Waals surface area contributed by atoms with Crippen molar-refractivity contribution in [2.45, 2.75) is 58.8 Å². The lowest BCUT2D eigenvalue weighted by atomic mass is 9.76. The van der Waals surface area contributed by atoms with Crippen molar-refractivity contribution in [3.63, 3.8) is 0 Å². The monoisotopic (exact) mass is 296 g/mol. The van der Waals surface area contributed by atoms with Crippen LogP contribution in [0.4, 0.5) is 0 Å². The first-order valence-electron chi connectivity index (χ1n) is 8.17. The van der Waals surface area contributed by atoms with Crippen LogP contribution in [0.5, 0.6) is 5.75 Å². The number of benzene rings is 2. The molecule has 0 saturated heterocycles. The molecule has 2 rings (SSSR count). The highest BCUT2D eigenvalue weighted by atomic mass is 16.3. The quantitative estimate of drug-likeness (QED) is 0.737. The predicted molar refractivity (Wildman–Crippen MR) is 94.9 cm³/mol. The van der Waals surface area contributed by atoms with Crippen LogP contribution in [0.25, 0.3) is 0 Å². The van der Waals surface area contributed by atoms with Gasteiger partial charge >= 0.3 is 0 Å². The van der Waals surface area contributed by atoms with Crippen molar-refractivity contribution in [3.8, 4) is 5.75 Å². The molecule has 0 bridgehead atoms. The Morgan fingerprint density at radius 2 is 1.45 bits per heavy atom. The number of aromatic hydroxyl groups is 1. The minimum absolute atomic E-state index is 0.0811. The predicted octanol–water partition coefficient (Wildman–Crippen LogP) is 5.96. The van der Waals surface area contributed by atoms with E-state index in [0.717, 1.165) is 5.56 Å². The summed E-state index contributed by atoms with van der Waals surface area (Å²) in [6.07, 6.45) is 0. The fraction of sp³-hybridized carbons (Fsp3) is 0.429. The van der Waals surface area contributed by atoms with Crippen molar-refractivity contribution < 1.29 is 5.11 Å². The molecule has 0 unspecified atom stereocenters. The summed E-state index contributed by atoms with van der Waals surface area (Å²) in [5.74, 6) is 1.24. The Morgan fingerprint density at radius 1 is 0.818 bits per heavy atom. The standard InChI is InChI=1S/C21H28O/c1-14(2)16-8-7-9-17(12-16)21(5,6)18-10-11-20(22)19(13-18)15(3)4/h7-15,22H,1-6H3. The number of hydrogen-bond donors (Lipinski definition) is 1. The molecule has 0 radical (unpaired) electrons. The Balaban J connectivity index is 2.50. The van der Waals surface area contributed by atoms with Gasteiger partial charge < -0.3 is 5.11 Å². The van der Waals surface area contributed by atoms with E-state index in [1.807, 2.05) is 12.1 Å². The Kier molecular flexibility index (Phi) is 4.65. The van der Waals surface area contributed by atoms with Crippen LogP contribution < -0.4 is 0 Å². The first kappa shape index (κ1) is 16.6. The molecule has 0 spiro atoms. The molecular weight excluding hydrogens is 268 g/mol. The SMILES string of the molecule is CC(C)c1cccc(C(C)(C)c2ccc(O)c(C(C)C)c2)c1. The second kappa shape index (κ2) is 6.16. The van der Waals surface area contributed by atoms with Crippen molar-refractivity contribution in [2.24, 2.45) is 0 Å². The van der Waals surface area contributed by atoms with Crippen LogP contribution in [0.2, 0.25) is 0 Å². The van der Waals surface area contributed by atoms with Crippen LogP contribution in [0.15, 0.2) is 42.5 Å². The zero-order chi connectivity index (χ0) is 16.5. The van der Waals surface area contributed by atoms with Gasteiger partial charge in [-0.15, -0.1) is 0 Å². The summed E-state index contributed by atoms with van der Waals surface area (Å²) in [6, 6.07) is 14.9. The van der Waals surface area contributed by atoms with Gasteiger partial charge in [0.2, 0.25) is 0 Å². The highest BCUT2D eigenvalue weighted by Gasteiger charge is 2.25. The van der Waals surface area contributed by atoms with Gasteiger partial charge in [-0.3, -0.25) is 0 Å². The summed E-state index contributed by atoms with van der Waals surface area (Å²) in [6.45, 7) is 13.2. The zero-order valence-corrected chi connectivity index (χ0v) is 14.6. The van der Waals surface area contributed by atoms with E-state index in [1.54, 1.807) is 0 Å². The minimum Gasteiger partial charge on any atom is -0.508 e. The summed E-state index contributed by atoms with van der Waals surface area (Å²) in [7, 11) is 0. The number of phenolic OH excluding ortho intramolecular Hbond substituents is 1. The maximum Gasteiger partial charge on any atom is 0.119 e. The summed E-state index contributed by atoms with van der Waals surface area (Å²) in [5.41, 5.74) is 4.87. The molecule has 0 saturated carbocycles. The number of hydrogen-bond acceptors (Lipinski definition) is 1. The van der Waals surface area contributed by atoms with E-state index >= 15 is 0 Å². The number of rotatable bonds is 4. The molecule has 0 aliphatic carbocycles. The van der Waals surface area contributed by atoms with Gasteiger partial charge in [-0.2, -0.15) is 0 Å². The highest BCUT2D eigenvalue weighted by molar-refractivity contribution is 5.45. The Morgan fingerprint density at radius 3 is 2.05 bits per heavy atom. The molecule has 0 aliphatic rings. The maximum atomic E-state index is 10.1. The molecule has 1 N–H and O–H groups in total. The van der Waals surface area contributed by atoms with Gasteiger partial charge in [-0.1, -0.05) is 77.9 Å². The fourth-order valence-electron chi connectivity index (χ4n) is 2.86. The molecule has 0 atom stereocenters. The summed E-state index contributed by atoms with van der Waals surface area (Å²) >= 11 is 0. The van der Waals surface area contributed by atoms with Gasteiger partial charge in [0.05, 0.1) is 0 Å². The molecule has 22 heavy (non-hydrogen) atoms. The highest BCUT2D eigenvalue weighted by Crippen LogP contribution is 2.36. The van der Waals surface area contributed by atoms with Crippen LogP contribution in [0, 0.1) is 0 Å². The van der Waals surface area contributed by atoms with Gasteiger partial charge in [-0.05, 0) is 40.2 Å². The van der Waals surface area contributed by atoms with Gasteiger partial charge in [0, 0.05) is 5.41 Å². The van der Waals surface area contributed by atoms with Crippen molar-refractivity contribution in [3.05, 3.63) is 64.7 Å². The lowest BCUT2D eigenvalue weighted by Crippen LogP contribution is -2.19. The smallest absolute Gasteiger partial charge is 0.119 e. The zero-order valence-electron chi connectivity index (χ0n) is 14.6. The molecule has 0 fully saturated rings. The second-order valence-corrected chi connectivity index (χ2v) is 7.33. The van der Waals surface area contributed by atoms with Gasteiger partial charge in [-0.25, -0.2) is 0 Å². The van der Waals surface area contributed by atoms with Gasteiger partial charge in [0.15, 0.2) is 0 Å². The first-order chi connectivity index (χ1) is 10.2. The van der Waals surface area contributed by atoms with Crippen molar-refractivity contribution in [2.75, 3.05) is 0 Å². The Hall–Kier alpha value is -1.76. The molecule has 0 aromatic heterocycles. The van der Waals surface area contributed by atoms with Gasteiger partial charge in [0.1, 0.15) is 5.75 Å². The molecular formula is C21H28O. The van der Waals surface area contributed by atoms with E-state index in [9.17, 15) is 5.11 Å². The topological polar surface area (TPSA) is 20.2 Å². The average Bonchev–Trinajstić information content (AvgIpc) is 2.47. The van der Waals surface area contributed by atoms with E-state index in [0.29, 0.717) is 17.6 Å². The van der Waals surface area contributed by atoms with E-state index in [1.165, 1.54) is 16.7 Å². The Labute approximate surface area is 135 Å². The average molecular weight is 296 g/mol. The molecule has 2 aromatic rings. The molecule has 1 heteroatoms. The number of phenols is 1. The van der Waals surface area contributed by atoms with Crippen LogP contribution in [-0.4, -0.2) is 5.11 Å². The van der Waals surface area contributed by atoms with Crippen molar-refractivity contribution in [1.82, 2.24) is 0 Å². The van der Waals surface area contributed by atoms with E-state index < -0.39 is 0 Å². The lowest BCUT2D eigenvalue weighted by Gasteiger charge is -2.28. The second-order valence-electron chi connectivity index (χ2n) is 7.33. The van der Waals surface area contributed by atoms with Crippen LogP contribution >= 0.6 is 0 Å². The normalized spacial score (nSPS) is 12.2. The third-order valence-electron chi connectivity index (χ3n) is 4.65. The van der Waals surface area contributed by atoms with Crippen LogP contribution in [0.1, 0.15) is 75.6 Å². The van der Waals surface area contributed by atoms with Crippen molar-refractivity contribution >= 4 is 0 Å². The molecule has 0 aliphatic heterocycles. The third kappa shape index (κ3) is 3.19. The van der Waals surface area contributed by atoms with Gasteiger partial charge in [0.25, 0.3) is 0 Å². The molecule has 0 heterocycles. The van der Waals surface area contributed by atoms with Crippen LogP contribution in [0.3, 0.4) is 0 Å². The summed E-state index contributed by atoms with van der Waals surface area (Å²) in [5, 5.41) is 10.1. The largest absolute Gasteiger partial charge is 0.508 e. The Bertz CT molecular complexity index is 651. The molecule has 1 nitrogen and oxygen atoms in total. The third-order valence-corrected chi connectivity index (χ3v) is 4.65. The summed E-state index contributed by atoms with van der Waals surface area (Å²) in [4.78, 5) is 0. The first-order valence-corrected chi connectivity index (χ1v) is 8.17. The van der Waals surface area contributed by atoms with Crippen LogP contribution in [-0.2, 0) is 5.41 Å².